The summed E-state index contributed by atoms with van der Waals surface area (Å²) in [7, 11) is 0. The van der Waals surface area contributed by atoms with Gasteiger partial charge in [-0.3, -0.25) is 0 Å². The molecular weight excluding hydrogens is 1180 g/mol. The van der Waals surface area contributed by atoms with Gasteiger partial charge >= 0.3 is 0 Å². The molecule has 2 atom stereocenters. The maximum Gasteiger partial charge on any atom is 0.0714 e. The fourth-order valence-corrected chi connectivity index (χ4v) is 17.6. The Balaban J connectivity index is 0.750. The number of ether oxygens (including phenoxy) is 2. The highest BCUT2D eigenvalue weighted by Crippen LogP contribution is 2.60. The monoisotopic (exact) mass is 1260 g/mol. The van der Waals surface area contributed by atoms with Crippen LogP contribution in [0.25, 0.3) is 33.4 Å². The Morgan fingerprint density at radius 3 is 0.957 bits per heavy atom. The van der Waals surface area contributed by atoms with Crippen LogP contribution in [0, 0.1) is 24.7 Å². The molecule has 2 unspecified atom stereocenters. The second kappa shape index (κ2) is 24.6. The molecule has 12 aromatic carbocycles. The van der Waals surface area contributed by atoms with E-state index in [4.69, 9.17) is 9.47 Å². The van der Waals surface area contributed by atoms with E-state index in [-0.39, 0.29) is 10.8 Å². The minimum absolute atomic E-state index is 0.269. The first-order chi connectivity index (χ1) is 46.2. The second-order valence-electron chi connectivity index (χ2n) is 26.5. The van der Waals surface area contributed by atoms with Gasteiger partial charge in [-0.25, -0.2) is 0 Å². The van der Waals surface area contributed by atoms with Gasteiger partial charge in [0, 0.05) is 66.3 Å². The first-order valence-electron chi connectivity index (χ1n) is 33.4. The zero-order valence-corrected chi connectivity index (χ0v) is 55.5. The van der Waals surface area contributed by atoms with Crippen molar-refractivity contribution in [1.29, 1.82) is 0 Å². The molecule has 0 N–H and O–H groups in total. The zero-order valence-electron chi connectivity index (χ0n) is 53.9. The van der Waals surface area contributed by atoms with E-state index in [1.807, 2.05) is 23.5 Å². The number of aryl methyl sites for hydroxylation is 2. The maximum atomic E-state index is 5.71. The summed E-state index contributed by atoms with van der Waals surface area (Å²) in [6, 6.07) is 110. The van der Waals surface area contributed by atoms with Crippen LogP contribution in [0.4, 0.5) is 34.1 Å². The van der Waals surface area contributed by atoms with Crippen LogP contribution < -0.4 is 9.80 Å². The minimum atomic E-state index is -0.561. The Morgan fingerprint density at radius 1 is 0.309 bits per heavy atom. The number of anilines is 6. The van der Waals surface area contributed by atoms with Crippen molar-refractivity contribution in [2.24, 2.45) is 10.8 Å². The highest BCUT2D eigenvalue weighted by atomic mass is 32.2. The lowest BCUT2D eigenvalue weighted by Crippen LogP contribution is -2.44. The van der Waals surface area contributed by atoms with Crippen molar-refractivity contribution < 1.29 is 9.47 Å². The largest absolute Gasteiger partial charge is 0.380 e. The zero-order chi connectivity index (χ0) is 63.4. The first-order valence-corrected chi connectivity index (χ1v) is 35.3. The molecule has 0 radical (unpaired) electrons. The Labute approximate surface area is 563 Å². The Kier molecular flexibility index (Phi) is 15.7. The molecule has 4 aliphatic rings. The Bertz CT molecular complexity index is 4390. The van der Waals surface area contributed by atoms with E-state index in [2.05, 4.69) is 329 Å². The summed E-state index contributed by atoms with van der Waals surface area (Å²) in [5.74, 6) is 2.13. The normalized spacial score (nSPS) is 17.6. The standard InChI is InChI=1S/C88H76N2O2S2/c1-5-85(55-91-56-85)59-93-75-47-37-67(38-48-75)87(65-33-25-61(3)26-34-65)81-23-15-13-21-77(81)79-51-45-73(53-83(79)87)89(69-17-9-7-10-18-69)71-41-29-63(30-42-71)64-31-43-72(44-32-64)90(70-19-11-8-12-20-70)74-46-52-80-78-22-14-16-24-82(78)88(84(80)54-74,66-35-27-62(4)28-36-66)68-39-49-76(50-40-68)94-60-86(6-2)57-92-58-86/h7-54H,5-6,55-60H2,1-4H3. The lowest BCUT2D eigenvalue weighted by molar-refractivity contribution is -0.0994. The second-order valence-corrected chi connectivity index (χ2v) is 28.6. The summed E-state index contributed by atoms with van der Waals surface area (Å²) in [6.07, 6.45) is 2.27. The number of hydrogen-bond acceptors (Lipinski definition) is 6. The molecule has 16 rings (SSSR count). The van der Waals surface area contributed by atoms with Crippen LogP contribution in [0.3, 0.4) is 0 Å². The molecule has 0 spiro atoms. The van der Waals surface area contributed by atoms with Gasteiger partial charge in [-0.2, -0.15) is 0 Å². The van der Waals surface area contributed by atoms with Gasteiger partial charge in [0.2, 0.25) is 0 Å². The molecule has 462 valence electrons. The predicted molar refractivity (Wildman–Crippen MR) is 394 cm³/mol. The summed E-state index contributed by atoms with van der Waals surface area (Å²) in [6.45, 7) is 12.4. The fourth-order valence-electron chi connectivity index (χ4n) is 15.3. The lowest BCUT2D eigenvalue weighted by atomic mass is 9.67. The third-order valence-corrected chi connectivity index (χ3v) is 23.7. The third kappa shape index (κ3) is 10.2. The topological polar surface area (TPSA) is 24.9 Å². The quantitative estimate of drug-likeness (QED) is 0.0749. The number of hydrogen-bond donors (Lipinski definition) is 0. The molecule has 6 heteroatoms. The maximum absolute atomic E-state index is 5.71. The summed E-state index contributed by atoms with van der Waals surface area (Å²) >= 11 is 3.92. The molecule has 2 aliphatic heterocycles. The van der Waals surface area contributed by atoms with Gasteiger partial charge < -0.3 is 19.3 Å². The summed E-state index contributed by atoms with van der Waals surface area (Å²) in [5, 5.41) is 0. The molecule has 2 aliphatic carbocycles. The molecule has 12 aromatic rings. The number of thioether (sulfide) groups is 2. The summed E-state index contributed by atoms with van der Waals surface area (Å²) in [4.78, 5) is 7.43. The van der Waals surface area contributed by atoms with Crippen molar-refractivity contribution in [1.82, 2.24) is 0 Å². The van der Waals surface area contributed by atoms with Gasteiger partial charge in [-0.15, -0.1) is 23.5 Å². The Hall–Kier alpha value is -9.14. The summed E-state index contributed by atoms with van der Waals surface area (Å²) < 4.78 is 11.4. The van der Waals surface area contributed by atoms with E-state index < -0.39 is 10.8 Å². The number of fused-ring (bicyclic) bond motifs is 6. The van der Waals surface area contributed by atoms with Crippen molar-refractivity contribution in [3.63, 3.8) is 0 Å². The molecular formula is C88H76N2O2S2. The lowest BCUT2D eigenvalue weighted by Gasteiger charge is -2.40. The molecule has 2 heterocycles. The van der Waals surface area contributed by atoms with Crippen molar-refractivity contribution in [3.05, 3.63) is 347 Å². The van der Waals surface area contributed by atoms with Crippen LogP contribution in [-0.2, 0) is 20.3 Å². The van der Waals surface area contributed by atoms with Gasteiger partial charge in [-0.05, 0) is 202 Å². The van der Waals surface area contributed by atoms with E-state index in [0.29, 0.717) is 0 Å². The van der Waals surface area contributed by atoms with Crippen LogP contribution in [0.2, 0.25) is 0 Å². The van der Waals surface area contributed by atoms with E-state index in [1.165, 1.54) is 87.7 Å². The van der Waals surface area contributed by atoms with Crippen LogP contribution in [0.5, 0.6) is 0 Å². The van der Waals surface area contributed by atoms with Crippen LogP contribution in [-0.4, -0.2) is 37.9 Å². The van der Waals surface area contributed by atoms with Crippen LogP contribution in [0.1, 0.15) is 82.3 Å². The van der Waals surface area contributed by atoms with Crippen molar-refractivity contribution in [2.45, 2.75) is 61.2 Å². The van der Waals surface area contributed by atoms with Gasteiger partial charge in [0.05, 0.1) is 37.3 Å². The number of benzene rings is 12. The average molecular weight is 1260 g/mol. The van der Waals surface area contributed by atoms with Crippen LogP contribution >= 0.6 is 23.5 Å². The highest BCUT2D eigenvalue weighted by molar-refractivity contribution is 7.99. The molecule has 4 nitrogen and oxygen atoms in total. The SMILES string of the molecule is CCC1(CSc2ccc(C3(c4ccc(C)cc4)c4ccccc4-c4ccc(N(c5ccccc5)c5ccc(-c6ccc(N(c7ccccc7)c7ccc8c(c7)C(c7ccc(C)cc7)(c7ccc(SCC9(CC)COC9)cc7)c7ccccc7-8)cc6)cc5)cc43)cc2)COC1. The molecule has 0 amide bonds. The van der Waals surface area contributed by atoms with Crippen molar-refractivity contribution >= 4 is 57.6 Å². The average Bonchev–Trinajstić information content (AvgIpc) is 1.53. The molecule has 0 aromatic heterocycles. The van der Waals surface area contributed by atoms with Gasteiger partial charge in [0.1, 0.15) is 0 Å². The number of para-hydroxylation sites is 2. The van der Waals surface area contributed by atoms with E-state index >= 15 is 0 Å². The van der Waals surface area contributed by atoms with Crippen molar-refractivity contribution in [2.75, 3.05) is 47.7 Å². The molecule has 2 fully saturated rings. The number of rotatable bonds is 19. The van der Waals surface area contributed by atoms with E-state index in [0.717, 1.165) is 96.0 Å². The van der Waals surface area contributed by atoms with Gasteiger partial charge in [0.25, 0.3) is 0 Å². The van der Waals surface area contributed by atoms with Gasteiger partial charge in [0.15, 0.2) is 0 Å². The molecule has 0 bridgehead atoms. The smallest absolute Gasteiger partial charge is 0.0714 e. The third-order valence-electron chi connectivity index (χ3n) is 21.0. The molecule has 2 saturated heterocycles. The van der Waals surface area contributed by atoms with Gasteiger partial charge in [-0.1, -0.05) is 219 Å². The number of nitrogens with zero attached hydrogens (tertiary/aromatic N) is 2. The van der Waals surface area contributed by atoms with Crippen LogP contribution in [0.15, 0.2) is 301 Å². The summed E-state index contributed by atoms with van der Waals surface area (Å²) in [5.41, 5.74) is 26.1. The first kappa shape index (κ1) is 59.8. The highest BCUT2D eigenvalue weighted by Gasteiger charge is 2.49. The van der Waals surface area contributed by atoms with E-state index in [1.54, 1.807) is 0 Å². The Morgan fingerprint density at radius 2 is 0.617 bits per heavy atom. The predicted octanol–water partition coefficient (Wildman–Crippen LogP) is 22.7. The molecule has 0 saturated carbocycles. The fraction of sp³-hybridized carbons (Fsp3) is 0.182. The molecule has 94 heavy (non-hydrogen) atoms. The van der Waals surface area contributed by atoms with Crippen molar-refractivity contribution in [3.8, 4) is 33.4 Å². The van der Waals surface area contributed by atoms with E-state index in [9.17, 15) is 0 Å². The minimum Gasteiger partial charge on any atom is -0.380 e.